The number of cyclic esters (lactones) is 1. The largest absolute Gasteiger partial charge is 0.443 e. The van der Waals surface area contributed by atoms with Gasteiger partial charge in [0.15, 0.2) is 0 Å². The van der Waals surface area contributed by atoms with Crippen LogP contribution in [0.15, 0.2) is 30.3 Å². The normalized spacial score (nSPS) is 20.8. The highest BCUT2D eigenvalue weighted by Gasteiger charge is 2.27. The number of benzene rings is 1. The molecule has 1 aliphatic heterocycles. The van der Waals surface area contributed by atoms with Crippen molar-refractivity contribution < 1.29 is 9.53 Å². The average molecular weight is 192 g/mol. The smallest absolute Gasteiger partial charge is 0.429 e. The Bertz CT molecular complexity index is 326. The van der Waals surface area contributed by atoms with Crippen molar-refractivity contribution in [1.82, 2.24) is 5.01 Å². The molecule has 74 valence electrons. The lowest BCUT2D eigenvalue weighted by atomic mass is 10.3. The minimum Gasteiger partial charge on any atom is -0.443 e. The molecule has 1 fully saturated rings. The van der Waals surface area contributed by atoms with Gasteiger partial charge in [0, 0.05) is 0 Å². The molecule has 1 N–H and O–H groups in total. The van der Waals surface area contributed by atoms with Crippen LogP contribution in [0.3, 0.4) is 0 Å². The molecule has 0 aromatic heterocycles. The topological polar surface area (TPSA) is 41.6 Å². The number of hydrogen-bond donors (Lipinski definition) is 1. The number of nitrogens with one attached hydrogen (secondary N) is 1. The molecular formula is C10H12N2O2. The standard InChI is InChI=1S/C10H12N2O2/c1-8-7-12(10(13)14-8)11-9-5-3-2-4-6-9/h2-6,8,11H,7H2,1H3. The van der Waals surface area contributed by atoms with E-state index in [0.29, 0.717) is 6.54 Å². The molecule has 4 nitrogen and oxygen atoms in total. The Morgan fingerprint density at radius 3 is 2.71 bits per heavy atom. The lowest BCUT2D eigenvalue weighted by Gasteiger charge is -2.15. The van der Waals surface area contributed by atoms with Gasteiger partial charge in [-0.25, -0.2) is 9.80 Å². The van der Waals surface area contributed by atoms with Crippen LogP contribution in [0.5, 0.6) is 0 Å². The molecule has 14 heavy (non-hydrogen) atoms. The molecule has 1 heterocycles. The van der Waals surface area contributed by atoms with E-state index < -0.39 is 0 Å². The van der Waals surface area contributed by atoms with Crippen LogP contribution in [0, 0.1) is 0 Å². The molecule has 0 saturated carbocycles. The number of carbonyl (C=O) groups excluding carboxylic acids is 1. The van der Waals surface area contributed by atoms with E-state index in [1.165, 1.54) is 5.01 Å². The Hall–Kier alpha value is -1.71. The van der Waals surface area contributed by atoms with Gasteiger partial charge >= 0.3 is 6.09 Å². The second-order valence-corrected chi connectivity index (χ2v) is 3.28. The van der Waals surface area contributed by atoms with E-state index in [4.69, 9.17) is 4.74 Å². The first-order valence-corrected chi connectivity index (χ1v) is 4.55. The van der Waals surface area contributed by atoms with Crippen molar-refractivity contribution in [3.05, 3.63) is 30.3 Å². The van der Waals surface area contributed by atoms with Crippen LogP contribution < -0.4 is 5.43 Å². The second-order valence-electron chi connectivity index (χ2n) is 3.28. The summed E-state index contributed by atoms with van der Waals surface area (Å²) in [4.78, 5) is 11.2. The van der Waals surface area contributed by atoms with Crippen LogP contribution >= 0.6 is 0 Å². The van der Waals surface area contributed by atoms with Crippen molar-refractivity contribution in [1.29, 1.82) is 0 Å². The molecule has 1 amide bonds. The summed E-state index contributed by atoms with van der Waals surface area (Å²) in [6.07, 6.45) is -0.361. The quantitative estimate of drug-likeness (QED) is 0.777. The summed E-state index contributed by atoms with van der Waals surface area (Å²) in [6, 6.07) is 9.54. The molecule has 1 atom stereocenters. The molecular weight excluding hydrogens is 180 g/mol. The number of para-hydroxylation sites is 1. The number of rotatable bonds is 2. The van der Waals surface area contributed by atoms with E-state index in [-0.39, 0.29) is 12.2 Å². The Labute approximate surface area is 82.4 Å². The van der Waals surface area contributed by atoms with Gasteiger partial charge in [-0.2, -0.15) is 0 Å². The summed E-state index contributed by atoms with van der Waals surface area (Å²) in [5, 5.41) is 1.47. The third kappa shape index (κ3) is 1.79. The Morgan fingerprint density at radius 1 is 1.43 bits per heavy atom. The van der Waals surface area contributed by atoms with Crippen LogP contribution in [0.25, 0.3) is 0 Å². The minimum atomic E-state index is -0.318. The van der Waals surface area contributed by atoms with E-state index in [1.54, 1.807) is 0 Å². The first-order valence-electron chi connectivity index (χ1n) is 4.55. The van der Waals surface area contributed by atoms with Crippen molar-refractivity contribution in [2.75, 3.05) is 12.0 Å². The number of carbonyl (C=O) groups is 1. The Balaban J connectivity index is 2.02. The van der Waals surface area contributed by atoms with Crippen LogP contribution in [0.4, 0.5) is 10.5 Å². The summed E-state index contributed by atoms with van der Waals surface area (Å²) in [7, 11) is 0. The molecule has 1 aromatic rings. The van der Waals surface area contributed by atoms with Gasteiger partial charge in [0.25, 0.3) is 0 Å². The number of anilines is 1. The maximum absolute atomic E-state index is 11.2. The van der Waals surface area contributed by atoms with Gasteiger partial charge in [-0.05, 0) is 19.1 Å². The number of ether oxygens (including phenoxy) is 1. The van der Waals surface area contributed by atoms with Gasteiger partial charge in [0.05, 0.1) is 12.2 Å². The molecule has 2 rings (SSSR count). The third-order valence-electron chi connectivity index (χ3n) is 2.00. The average Bonchev–Trinajstić information content (AvgIpc) is 2.47. The molecule has 0 bridgehead atoms. The fourth-order valence-corrected chi connectivity index (χ4v) is 1.36. The molecule has 0 radical (unpaired) electrons. The van der Waals surface area contributed by atoms with E-state index in [0.717, 1.165) is 5.69 Å². The van der Waals surface area contributed by atoms with Crippen molar-refractivity contribution in [3.8, 4) is 0 Å². The van der Waals surface area contributed by atoms with Crippen molar-refractivity contribution >= 4 is 11.8 Å². The predicted octanol–water partition coefficient (Wildman–Crippen LogP) is 1.85. The Kier molecular flexibility index (Phi) is 2.26. The van der Waals surface area contributed by atoms with E-state index >= 15 is 0 Å². The summed E-state index contributed by atoms with van der Waals surface area (Å²) in [6.45, 7) is 2.44. The van der Waals surface area contributed by atoms with Gasteiger partial charge < -0.3 is 4.74 Å². The summed E-state index contributed by atoms with van der Waals surface area (Å²) < 4.78 is 4.97. The number of hydrazine groups is 1. The molecule has 1 aliphatic rings. The first kappa shape index (κ1) is 8.87. The van der Waals surface area contributed by atoms with Crippen molar-refractivity contribution in [2.45, 2.75) is 13.0 Å². The number of hydrogen-bond acceptors (Lipinski definition) is 3. The highest BCUT2D eigenvalue weighted by Crippen LogP contribution is 2.13. The fraction of sp³-hybridized carbons (Fsp3) is 0.300. The zero-order valence-electron chi connectivity index (χ0n) is 7.93. The van der Waals surface area contributed by atoms with Gasteiger partial charge in [-0.1, -0.05) is 18.2 Å². The maximum atomic E-state index is 11.2. The summed E-state index contributed by atoms with van der Waals surface area (Å²) >= 11 is 0. The number of amides is 1. The fourth-order valence-electron chi connectivity index (χ4n) is 1.36. The Morgan fingerprint density at radius 2 is 2.14 bits per heavy atom. The van der Waals surface area contributed by atoms with E-state index in [2.05, 4.69) is 5.43 Å². The van der Waals surface area contributed by atoms with Crippen LogP contribution in [0.1, 0.15) is 6.92 Å². The minimum absolute atomic E-state index is 0.0429. The third-order valence-corrected chi connectivity index (χ3v) is 2.00. The highest BCUT2D eigenvalue weighted by atomic mass is 16.6. The molecule has 1 aromatic carbocycles. The van der Waals surface area contributed by atoms with Crippen molar-refractivity contribution in [3.63, 3.8) is 0 Å². The van der Waals surface area contributed by atoms with Gasteiger partial charge in [-0.3, -0.25) is 5.43 Å². The lowest BCUT2D eigenvalue weighted by molar-refractivity contribution is 0.141. The van der Waals surface area contributed by atoms with Crippen LogP contribution in [-0.4, -0.2) is 23.8 Å². The van der Waals surface area contributed by atoms with Crippen LogP contribution in [-0.2, 0) is 4.74 Å². The molecule has 1 saturated heterocycles. The van der Waals surface area contributed by atoms with Gasteiger partial charge in [-0.15, -0.1) is 0 Å². The van der Waals surface area contributed by atoms with Gasteiger partial charge in [0.2, 0.25) is 0 Å². The summed E-state index contributed by atoms with van der Waals surface area (Å²) in [5.41, 5.74) is 3.87. The zero-order valence-corrected chi connectivity index (χ0v) is 7.93. The number of nitrogens with zero attached hydrogens (tertiary/aromatic N) is 1. The first-order chi connectivity index (χ1) is 6.75. The molecule has 0 aliphatic carbocycles. The van der Waals surface area contributed by atoms with Crippen LogP contribution in [0.2, 0.25) is 0 Å². The SMILES string of the molecule is CC1CN(Nc2ccccc2)C(=O)O1. The predicted molar refractivity (Wildman–Crippen MR) is 52.7 cm³/mol. The molecule has 4 heteroatoms. The molecule has 0 spiro atoms. The van der Waals surface area contributed by atoms with E-state index in [9.17, 15) is 4.79 Å². The zero-order chi connectivity index (χ0) is 9.97. The maximum Gasteiger partial charge on any atom is 0.429 e. The van der Waals surface area contributed by atoms with Gasteiger partial charge in [0.1, 0.15) is 6.10 Å². The van der Waals surface area contributed by atoms with E-state index in [1.807, 2.05) is 37.3 Å². The molecule has 1 unspecified atom stereocenters. The summed E-state index contributed by atoms with van der Waals surface area (Å²) in [5.74, 6) is 0. The monoisotopic (exact) mass is 192 g/mol. The highest BCUT2D eigenvalue weighted by molar-refractivity contribution is 5.71. The second kappa shape index (κ2) is 3.57. The lowest BCUT2D eigenvalue weighted by Crippen LogP contribution is -2.30. The van der Waals surface area contributed by atoms with Crippen molar-refractivity contribution in [2.24, 2.45) is 0 Å².